The van der Waals surface area contributed by atoms with Crippen LogP contribution in [0.3, 0.4) is 0 Å². The maximum Gasteiger partial charge on any atom is 0.247 e. The van der Waals surface area contributed by atoms with Gasteiger partial charge in [-0.2, -0.15) is 0 Å². The Morgan fingerprint density at radius 3 is 2.27 bits per heavy atom. The summed E-state index contributed by atoms with van der Waals surface area (Å²) in [4.78, 5) is 49.5. The highest BCUT2D eigenvalue weighted by Gasteiger charge is 2.78. The van der Waals surface area contributed by atoms with E-state index in [0.717, 1.165) is 24.1 Å². The number of amides is 3. The minimum Gasteiger partial charge on any atom is -0.394 e. The third-order valence-electron chi connectivity index (χ3n) is 10.1. The van der Waals surface area contributed by atoms with Crippen LogP contribution >= 0.6 is 11.8 Å². The van der Waals surface area contributed by atoms with Crippen molar-refractivity contribution in [3.63, 3.8) is 0 Å². The van der Waals surface area contributed by atoms with Gasteiger partial charge in [0.15, 0.2) is 0 Å². The van der Waals surface area contributed by atoms with Crippen LogP contribution in [0.2, 0.25) is 0 Å². The van der Waals surface area contributed by atoms with E-state index in [-0.39, 0.29) is 30.2 Å². The summed E-state index contributed by atoms with van der Waals surface area (Å²) in [6.07, 6.45) is 5.54. The van der Waals surface area contributed by atoms with Gasteiger partial charge in [0.25, 0.3) is 0 Å². The number of hydrogen-bond acceptors (Lipinski definition) is 5. The van der Waals surface area contributed by atoms with Crippen molar-refractivity contribution in [1.82, 2.24) is 9.80 Å². The standard InChI is InChI=1S/C36H45N3O4S/c1-6-21-37(23-26-15-11-9-12-16-26)34(43)31-36-20-19-35(5,44-36)29(30(36)33(42)39(31)28(24-40)25(4)8-3)32(41)38(22-7-2)27-17-13-10-14-18-27/h6-7,9-18,25,28-31,40H,1-2,8,19-24H2,3-5H3/t25-,28-,29+,30-,31?,35-,36?/m0/s1. The molecule has 3 aliphatic rings. The van der Waals surface area contributed by atoms with E-state index in [9.17, 15) is 19.5 Å². The summed E-state index contributed by atoms with van der Waals surface area (Å²) in [5.74, 6) is -1.79. The van der Waals surface area contributed by atoms with Crippen LogP contribution in [0.25, 0.3) is 0 Å². The first-order valence-electron chi connectivity index (χ1n) is 15.7. The van der Waals surface area contributed by atoms with Crippen LogP contribution in [-0.2, 0) is 20.9 Å². The lowest BCUT2D eigenvalue weighted by Gasteiger charge is -2.41. The van der Waals surface area contributed by atoms with E-state index >= 15 is 0 Å². The van der Waals surface area contributed by atoms with Crippen LogP contribution in [0, 0.1) is 17.8 Å². The molecule has 234 valence electrons. The third-order valence-corrected chi connectivity index (χ3v) is 12.1. The molecule has 3 aliphatic heterocycles. The summed E-state index contributed by atoms with van der Waals surface area (Å²) in [5.41, 5.74) is 1.74. The first kappa shape index (κ1) is 32.0. The molecule has 3 amide bonds. The normalized spacial score (nSPS) is 28.3. The largest absolute Gasteiger partial charge is 0.394 e. The van der Waals surface area contributed by atoms with Gasteiger partial charge in [-0.1, -0.05) is 81.0 Å². The molecule has 0 saturated carbocycles. The molecule has 7 atom stereocenters. The number of nitrogens with zero attached hydrogens (tertiary/aromatic N) is 3. The number of fused-ring (bicyclic) bond motifs is 1. The average molecular weight is 616 g/mol. The molecule has 3 heterocycles. The number of anilines is 1. The minimum atomic E-state index is -0.802. The number of aliphatic hydroxyl groups is 1. The van der Waals surface area contributed by atoms with Gasteiger partial charge in [-0.05, 0) is 43.4 Å². The zero-order valence-electron chi connectivity index (χ0n) is 26.1. The first-order chi connectivity index (χ1) is 21.2. The Morgan fingerprint density at radius 1 is 1.05 bits per heavy atom. The number of hydrogen-bond donors (Lipinski definition) is 1. The highest BCUT2D eigenvalue weighted by atomic mass is 32.2. The predicted octanol–water partition coefficient (Wildman–Crippen LogP) is 5.31. The second-order valence-electron chi connectivity index (χ2n) is 12.7. The Morgan fingerprint density at radius 2 is 1.68 bits per heavy atom. The molecule has 0 aromatic heterocycles. The van der Waals surface area contributed by atoms with E-state index in [1.54, 1.807) is 38.6 Å². The molecule has 1 spiro atoms. The van der Waals surface area contributed by atoms with Crippen molar-refractivity contribution in [2.24, 2.45) is 17.8 Å². The number of rotatable bonds is 13. The van der Waals surface area contributed by atoms with Crippen molar-refractivity contribution in [2.45, 2.75) is 68.2 Å². The van der Waals surface area contributed by atoms with Gasteiger partial charge in [0, 0.05) is 30.1 Å². The van der Waals surface area contributed by atoms with E-state index in [1.165, 1.54) is 0 Å². The van der Waals surface area contributed by atoms with Gasteiger partial charge in [-0.15, -0.1) is 24.9 Å². The third kappa shape index (κ3) is 5.30. The molecule has 0 radical (unpaired) electrons. The lowest BCUT2D eigenvalue weighted by molar-refractivity contribution is -0.147. The van der Waals surface area contributed by atoms with E-state index in [0.29, 0.717) is 26.1 Å². The van der Waals surface area contributed by atoms with E-state index in [1.807, 2.05) is 74.5 Å². The molecular weight excluding hydrogens is 570 g/mol. The Bertz CT molecular complexity index is 1390. The molecule has 2 aromatic carbocycles. The maximum absolute atomic E-state index is 14.9. The number of para-hydroxylation sites is 1. The lowest BCUT2D eigenvalue weighted by Crippen LogP contribution is -2.58. The Balaban J connectivity index is 1.61. The predicted molar refractivity (Wildman–Crippen MR) is 177 cm³/mol. The topological polar surface area (TPSA) is 81.2 Å². The number of carbonyl (C=O) groups is 3. The highest BCUT2D eigenvalue weighted by Crippen LogP contribution is 2.72. The summed E-state index contributed by atoms with van der Waals surface area (Å²) in [5, 5.41) is 10.7. The Labute approximate surface area is 266 Å². The van der Waals surface area contributed by atoms with Gasteiger partial charge in [0.2, 0.25) is 17.7 Å². The average Bonchev–Trinajstić information content (AvgIpc) is 3.61. The highest BCUT2D eigenvalue weighted by molar-refractivity contribution is 8.02. The molecule has 0 aliphatic carbocycles. The van der Waals surface area contributed by atoms with Crippen molar-refractivity contribution in [2.75, 3.05) is 24.6 Å². The van der Waals surface area contributed by atoms with Crippen molar-refractivity contribution in [1.29, 1.82) is 0 Å². The van der Waals surface area contributed by atoms with Crippen LogP contribution in [-0.4, -0.2) is 73.9 Å². The zero-order valence-corrected chi connectivity index (χ0v) is 26.9. The Hall–Kier alpha value is -3.36. The van der Waals surface area contributed by atoms with E-state index in [2.05, 4.69) is 20.1 Å². The fourth-order valence-electron chi connectivity index (χ4n) is 7.78. The number of thioether (sulfide) groups is 1. The summed E-state index contributed by atoms with van der Waals surface area (Å²) in [7, 11) is 0. The Kier molecular flexibility index (Phi) is 9.42. The molecule has 2 unspecified atom stereocenters. The number of aliphatic hydroxyl groups excluding tert-OH is 1. The monoisotopic (exact) mass is 615 g/mol. The molecule has 44 heavy (non-hydrogen) atoms. The fraction of sp³-hybridized carbons (Fsp3) is 0.472. The van der Waals surface area contributed by atoms with Crippen LogP contribution in [0.1, 0.15) is 45.6 Å². The van der Waals surface area contributed by atoms with Crippen molar-refractivity contribution in [3.05, 3.63) is 91.5 Å². The number of carbonyl (C=O) groups excluding carboxylic acids is 3. The quantitative estimate of drug-likeness (QED) is 0.309. The summed E-state index contributed by atoms with van der Waals surface area (Å²) in [6.45, 7) is 14.7. The van der Waals surface area contributed by atoms with Gasteiger partial charge in [0.1, 0.15) is 6.04 Å². The lowest BCUT2D eigenvalue weighted by atomic mass is 9.66. The van der Waals surface area contributed by atoms with Gasteiger partial charge in [-0.25, -0.2) is 0 Å². The maximum atomic E-state index is 14.9. The van der Waals surface area contributed by atoms with E-state index in [4.69, 9.17) is 0 Å². The first-order valence-corrected chi connectivity index (χ1v) is 16.5. The molecule has 5 rings (SSSR count). The van der Waals surface area contributed by atoms with Crippen molar-refractivity contribution < 1.29 is 19.5 Å². The van der Waals surface area contributed by atoms with Gasteiger partial charge < -0.3 is 19.8 Å². The molecule has 3 fully saturated rings. The molecule has 2 bridgehead atoms. The van der Waals surface area contributed by atoms with Gasteiger partial charge in [-0.3, -0.25) is 14.4 Å². The van der Waals surface area contributed by atoms with Crippen LogP contribution in [0.5, 0.6) is 0 Å². The van der Waals surface area contributed by atoms with Crippen molar-refractivity contribution >= 4 is 35.2 Å². The zero-order chi connectivity index (χ0) is 31.6. The van der Waals surface area contributed by atoms with Crippen LogP contribution < -0.4 is 4.90 Å². The number of benzene rings is 2. The molecule has 1 N–H and O–H groups in total. The van der Waals surface area contributed by atoms with Crippen LogP contribution in [0.15, 0.2) is 86.0 Å². The van der Waals surface area contributed by atoms with Gasteiger partial charge >= 0.3 is 0 Å². The summed E-state index contributed by atoms with van der Waals surface area (Å²) < 4.78 is -1.29. The molecule has 2 aromatic rings. The SMILES string of the molecule is C=CCN(Cc1ccccc1)C(=O)C1N([C@@H](CO)[C@@H](C)CC)C(=O)[C@@H]2[C@H](C(=O)N(CC=C)c3ccccc3)[C@]3(C)CCC12S3. The molecule has 7 nitrogen and oxygen atoms in total. The second kappa shape index (κ2) is 12.9. The fourth-order valence-corrected chi connectivity index (χ4v) is 10.1. The number of likely N-dealkylation sites (tertiary alicyclic amines) is 1. The summed E-state index contributed by atoms with van der Waals surface area (Å²) >= 11 is 1.66. The second-order valence-corrected chi connectivity index (χ2v) is 14.6. The molecule has 3 saturated heterocycles. The minimum absolute atomic E-state index is 0.0371. The molecule has 8 heteroatoms. The van der Waals surface area contributed by atoms with Gasteiger partial charge in [0.05, 0.1) is 29.2 Å². The van der Waals surface area contributed by atoms with Crippen LogP contribution in [0.4, 0.5) is 5.69 Å². The van der Waals surface area contributed by atoms with E-state index < -0.39 is 33.4 Å². The van der Waals surface area contributed by atoms with Crippen molar-refractivity contribution in [3.8, 4) is 0 Å². The summed E-state index contributed by atoms with van der Waals surface area (Å²) in [6, 6.07) is 18.0. The smallest absolute Gasteiger partial charge is 0.247 e. The molecular formula is C36H45N3O4S.